The van der Waals surface area contributed by atoms with Crippen LogP contribution in [-0.2, 0) is 15.0 Å². The third-order valence-corrected chi connectivity index (χ3v) is 4.50. The van der Waals surface area contributed by atoms with Gasteiger partial charge in [0.2, 0.25) is 0 Å². The summed E-state index contributed by atoms with van der Waals surface area (Å²) in [5.41, 5.74) is 0. The lowest BCUT2D eigenvalue weighted by atomic mass is 10.3. The zero-order valence-electron chi connectivity index (χ0n) is 12.5. The molecule has 1 N–H and O–H groups in total. The van der Waals surface area contributed by atoms with Crippen LogP contribution in [-0.4, -0.2) is 37.8 Å². The van der Waals surface area contributed by atoms with Crippen molar-refractivity contribution in [1.82, 2.24) is 9.03 Å². The van der Waals surface area contributed by atoms with Crippen LogP contribution in [0.15, 0.2) is 18.2 Å². The van der Waals surface area contributed by atoms with Crippen LogP contribution in [0.25, 0.3) is 0 Å². The lowest BCUT2D eigenvalue weighted by molar-refractivity contribution is -0.125. The molecule has 1 aromatic carbocycles. The molecule has 0 aliphatic carbocycles. The van der Waals surface area contributed by atoms with Gasteiger partial charge in [0.15, 0.2) is 17.7 Å². The molecule has 9 heteroatoms. The largest absolute Gasteiger partial charge is 0.481 e. The van der Waals surface area contributed by atoms with Crippen molar-refractivity contribution in [3.63, 3.8) is 0 Å². The second kappa shape index (κ2) is 7.50. The molecule has 0 spiro atoms. The van der Waals surface area contributed by atoms with Crippen molar-refractivity contribution in [1.29, 1.82) is 0 Å². The molecule has 0 aromatic heterocycles. The SMILES string of the molecule is CCN(CC)S(=O)(=O)NC(=O)C(C)Oc1ccc(F)c(F)c1. The number of hydrogen-bond acceptors (Lipinski definition) is 4. The number of nitrogens with one attached hydrogen (secondary N) is 1. The summed E-state index contributed by atoms with van der Waals surface area (Å²) in [6, 6.07) is 2.76. The monoisotopic (exact) mass is 336 g/mol. The predicted octanol–water partition coefficient (Wildman–Crippen LogP) is 1.43. The fourth-order valence-electron chi connectivity index (χ4n) is 1.65. The average Bonchev–Trinajstić information content (AvgIpc) is 2.43. The number of ether oxygens (including phenoxy) is 1. The molecular formula is C13H18F2N2O4S. The predicted molar refractivity (Wildman–Crippen MR) is 76.4 cm³/mol. The van der Waals surface area contributed by atoms with Crippen LogP contribution >= 0.6 is 0 Å². The van der Waals surface area contributed by atoms with Crippen molar-refractivity contribution in [2.24, 2.45) is 0 Å². The Hall–Kier alpha value is -1.74. The number of carbonyl (C=O) groups is 1. The number of hydrogen-bond donors (Lipinski definition) is 1. The molecule has 0 heterocycles. The summed E-state index contributed by atoms with van der Waals surface area (Å²) in [6.45, 7) is 4.98. The van der Waals surface area contributed by atoms with Crippen LogP contribution in [0.2, 0.25) is 0 Å². The van der Waals surface area contributed by atoms with Crippen molar-refractivity contribution in [3.8, 4) is 5.75 Å². The Kier molecular flexibility index (Phi) is 6.24. The fourth-order valence-corrected chi connectivity index (χ4v) is 2.88. The second-order valence-corrected chi connectivity index (χ2v) is 6.06. The van der Waals surface area contributed by atoms with Gasteiger partial charge in [-0.1, -0.05) is 13.8 Å². The van der Waals surface area contributed by atoms with E-state index in [4.69, 9.17) is 4.74 Å². The maximum atomic E-state index is 13.0. The third kappa shape index (κ3) is 4.63. The Labute approximate surface area is 128 Å². The Morgan fingerprint density at radius 3 is 2.36 bits per heavy atom. The van der Waals surface area contributed by atoms with E-state index in [9.17, 15) is 22.0 Å². The summed E-state index contributed by atoms with van der Waals surface area (Å²) in [5.74, 6) is -3.16. The standard InChI is InChI=1S/C13H18F2N2O4S/c1-4-17(5-2)22(19,20)16-13(18)9(3)21-10-6-7-11(14)12(15)8-10/h6-9H,4-5H2,1-3H3,(H,16,18). The van der Waals surface area contributed by atoms with Gasteiger partial charge in [-0.25, -0.2) is 13.5 Å². The zero-order valence-corrected chi connectivity index (χ0v) is 13.3. The van der Waals surface area contributed by atoms with Gasteiger partial charge in [-0.2, -0.15) is 12.7 Å². The third-order valence-electron chi connectivity index (χ3n) is 2.85. The minimum Gasteiger partial charge on any atom is -0.481 e. The minimum absolute atomic E-state index is 0.0817. The van der Waals surface area contributed by atoms with Gasteiger partial charge in [-0.3, -0.25) is 4.79 Å². The smallest absolute Gasteiger partial charge is 0.303 e. The van der Waals surface area contributed by atoms with E-state index in [1.807, 2.05) is 4.72 Å². The van der Waals surface area contributed by atoms with Gasteiger partial charge in [0, 0.05) is 19.2 Å². The van der Waals surface area contributed by atoms with Gasteiger partial charge in [0.1, 0.15) is 5.75 Å². The van der Waals surface area contributed by atoms with Crippen LogP contribution < -0.4 is 9.46 Å². The number of rotatable bonds is 7. The number of nitrogens with zero attached hydrogens (tertiary/aromatic N) is 1. The van der Waals surface area contributed by atoms with Gasteiger partial charge in [-0.05, 0) is 19.1 Å². The molecule has 22 heavy (non-hydrogen) atoms. The Morgan fingerprint density at radius 1 is 1.27 bits per heavy atom. The van der Waals surface area contributed by atoms with Crippen molar-refractivity contribution in [2.45, 2.75) is 26.9 Å². The van der Waals surface area contributed by atoms with Crippen molar-refractivity contribution in [2.75, 3.05) is 13.1 Å². The molecule has 6 nitrogen and oxygen atoms in total. The first-order valence-corrected chi connectivity index (χ1v) is 8.08. The first kappa shape index (κ1) is 18.3. The van der Waals surface area contributed by atoms with Gasteiger partial charge in [0.25, 0.3) is 5.91 Å². The summed E-state index contributed by atoms with van der Waals surface area (Å²) in [5, 5.41) is 0. The van der Waals surface area contributed by atoms with E-state index in [2.05, 4.69) is 0 Å². The first-order valence-electron chi connectivity index (χ1n) is 6.64. The molecule has 1 atom stereocenters. The zero-order chi connectivity index (χ0) is 16.9. The summed E-state index contributed by atoms with van der Waals surface area (Å²) < 4.78 is 57.6. The molecular weight excluding hydrogens is 318 g/mol. The molecule has 0 fully saturated rings. The van der Waals surface area contributed by atoms with E-state index in [-0.39, 0.29) is 18.8 Å². The van der Waals surface area contributed by atoms with Crippen molar-refractivity contribution >= 4 is 16.1 Å². The molecule has 0 radical (unpaired) electrons. The Balaban J connectivity index is 2.75. The van der Waals surface area contributed by atoms with Crippen LogP contribution in [0.1, 0.15) is 20.8 Å². The molecule has 1 unspecified atom stereocenters. The maximum Gasteiger partial charge on any atom is 0.303 e. The number of amides is 1. The maximum absolute atomic E-state index is 13.0. The van der Waals surface area contributed by atoms with E-state index in [1.165, 1.54) is 6.92 Å². The first-order chi connectivity index (χ1) is 10.2. The number of halogens is 2. The van der Waals surface area contributed by atoms with Crippen molar-refractivity contribution < 1.29 is 26.7 Å². The minimum atomic E-state index is -3.95. The van der Waals surface area contributed by atoms with E-state index in [0.717, 1.165) is 22.5 Å². The molecule has 0 aliphatic rings. The highest BCUT2D eigenvalue weighted by Crippen LogP contribution is 2.16. The van der Waals surface area contributed by atoms with Gasteiger partial charge in [0.05, 0.1) is 0 Å². The Bertz CT molecular complexity index is 633. The number of benzene rings is 1. The highest BCUT2D eigenvalue weighted by atomic mass is 32.2. The van der Waals surface area contributed by atoms with Crippen molar-refractivity contribution in [3.05, 3.63) is 29.8 Å². The van der Waals surface area contributed by atoms with Crippen LogP contribution in [0.4, 0.5) is 8.78 Å². The summed E-state index contributed by atoms with van der Waals surface area (Å²) in [6.07, 6.45) is -1.20. The summed E-state index contributed by atoms with van der Waals surface area (Å²) >= 11 is 0. The molecule has 1 amide bonds. The molecule has 0 saturated carbocycles. The quantitative estimate of drug-likeness (QED) is 0.817. The van der Waals surface area contributed by atoms with E-state index in [1.54, 1.807) is 13.8 Å². The topological polar surface area (TPSA) is 75.7 Å². The number of carbonyl (C=O) groups excluding carboxylic acids is 1. The molecule has 1 rings (SSSR count). The lowest BCUT2D eigenvalue weighted by Gasteiger charge is -2.20. The van der Waals surface area contributed by atoms with Crippen LogP contribution in [0.5, 0.6) is 5.75 Å². The molecule has 0 saturated heterocycles. The van der Waals surface area contributed by atoms with Gasteiger partial charge < -0.3 is 4.74 Å². The average molecular weight is 336 g/mol. The molecule has 124 valence electrons. The van der Waals surface area contributed by atoms with Crippen LogP contribution in [0.3, 0.4) is 0 Å². The normalized spacial score (nSPS) is 13.0. The Morgan fingerprint density at radius 2 is 1.86 bits per heavy atom. The molecule has 0 bridgehead atoms. The highest BCUT2D eigenvalue weighted by molar-refractivity contribution is 7.87. The lowest BCUT2D eigenvalue weighted by Crippen LogP contribution is -2.47. The van der Waals surface area contributed by atoms with Crippen LogP contribution in [0, 0.1) is 11.6 Å². The van der Waals surface area contributed by atoms with E-state index in [0.29, 0.717) is 0 Å². The molecule has 1 aromatic rings. The fraction of sp³-hybridized carbons (Fsp3) is 0.462. The second-order valence-electron chi connectivity index (χ2n) is 4.39. The van der Waals surface area contributed by atoms with E-state index >= 15 is 0 Å². The molecule has 0 aliphatic heterocycles. The van der Waals surface area contributed by atoms with Gasteiger partial charge >= 0.3 is 10.2 Å². The van der Waals surface area contributed by atoms with Gasteiger partial charge in [-0.15, -0.1) is 0 Å². The van der Waals surface area contributed by atoms with E-state index < -0.39 is 33.9 Å². The highest BCUT2D eigenvalue weighted by Gasteiger charge is 2.25. The summed E-state index contributed by atoms with van der Waals surface area (Å²) in [7, 11) is -3.95. The summed E-state index contributed by atoms with van der Waals surface area (Å²) in [4.78, 5) is 11.8.